The Bertz CT molecular complexity index is 1080. The standard InChI is InChI=1S/C23H27N3O3/c1-6-11-26-15(3)21(18-13-17(29-5)8-10-20(18)26)23(28)25-19-9-7-16(12-14(19)2)22(27)24-4/h7-10,12-13H,6,11H2,1-5H3,(H,24,27)(H,25,28). The Hall–Kier alpha value is -3.28. The third-order valence-corrected chi connectivity index (χ3v) is 5.17. The molecule has 0 aliphatic rings. The van der Waals surface area contributed by atoms with Gasteiger partial charge in [0.15, 0.2) is 0 Å². The Morgan fingerprint density at radius 3 is 2.45 bits per heavy atom. The Morgan fingerprint density at radius 1 is 1.07 bits per heavy atom. The number of nitrogens with zero attached hydrogens (tertiary/aromatic N) is 1. The van der Waals surface area contributed by atoms with E-state index in [2.05, 4.69) is 22.1 Å². The summed E-state index contributed by atoms with van der Waals surface area (Å²) in [7, 11) is 3.21. The second-order valence-corrected chi connectivity index (χ2v) is 7.06. The molecule has 3 rings (SSSR count). The molecule has 0 fully saturated rings. The van der Waals surface area contributed by atoms with Crippen molar-refractivity contribution in [3.8, 4) is 5.75 Å². The molecule has 152 valence electrons. The molecule has 0 saturated heterocycles. The van der Waals surface area contributed by atoms with Gasteiger partial charge >= 0.3 is 0 Å². The van der Waals surface area contributed by atoms with Gasteiger partial charge in [0.1, 0.15) is 5.75 Å². The van der Waals surface area contributed by atoms with E-state index in [-0.39, 0.29) is 11.8 Å². The van der Waals surface area contributed by atoms with E-state index in [0.717, 1.165) is 35.1 Å². The number of nitrogens with one attached hydrogen (secondary N) is 2. The van der Waals surface area contributed by atoms with E-state index in [4.69, 9.17) is 4.74 Å². The molecule has 29 heavy (non-hydrogen) atoms. The zero-order valence-corrected chi connectivity index (χ0v) is 17.6. The van der Waals surface area contributed by atoms with Gasteiger partial charge in [-0.3, -0.25) is 9.59 Å². The number of anilines is 1. The minimum atomic E-state index is -0.175. The van der Waals surface area contributed by atoms with Gasteiger partial charge in [-0.2, -0.15) is 0 Å². The SMILES string of the molecule is CCCn1c(C)c(C(=O)Nc2ccc(C(=O)NC)cc2C)c2cc(OC)ccc21. The highest BCUT2D eigenvalue weighted by Crippen LogP contribution is 2.30. The number of hydrogen-bond acceptors (Lipinski definition) is 3. The van der Waals surface area contributed by atoms with E-state index in [9.17, 15) is 9.59 Å². The lowest BCUT2D eigenvalue weighted by molar-refractivity contribution is 0.0962. The number of fused-ring (bicyclic) bond motifs is 1. The van der Waals surface area contributed by atoms with E-state index >= 15 is 0 Å². The van der Waals surface area contributed by atoms with Crippen LogP contribution >= 0.6 is 0 Å². The van der Waals surface area contributed by atoms with Crippen molar-refractivity contribution in [2.75, 3.05) is 19.5 Å². The third-order valence-electron chi connectivity index (χ3n) is 5.17. The molecule has 6 heteroatoms. The highest BCUT2D eigenvalue weighted by Gasteiger charge is 2.21. The first-order chi connectivity index (χ1) is 13.9. The molecule has 0 radical (unpaired) electrons. The number of carbonyl (C=O) groups excluding carboxylic acids is 2. The van der Waals surface area contributed by atoms with Crippen molar-refractivity contribution in [1.29, 1.82) is 0 Å². The molecule has 0 atom stereocenters. The van der Waals surface area contributed by atoms with Gasteiger partial charge in [-0.05, 0) is 62.2 Å². The molecule has 6 nitrogen and oxygen atoms in total. The first kappa shape index (κ1) is 20.5. The van der Waals surface area contributed by atoms with Crippen LogP contribution in [0.25, 0.3) is 10.9 Å². The predicted molar refractivity (Wildman–Crippen MR) is 116 cm³/mol. The number of benzene rings is 2. The lowest BCUT2D eigenvalue weighted by Gasteiger charge is -2.11. The fraction of sp³-hybridized carbons (Fsp3) is 0.304. The molecule has 1 aromatic heterocycles. The zero-order valence-electron chi connectivity index (χ0n) is 17.6. The Labute approximate surface area is 170 Å². The Kier molecular flexibility index (Phi) is 5.92. The van der Waals surface area contributed by atoms with E-state index in [0.29, 0.717) is 22.6 Å². The number of carbonyl (C=O) groups is 2. The molecule has 1 heterocycles. The lowest BCUT2D eigenvalue weighted by Crippen LogP contribution is -2.18. The summed E-state index contributed by atoms with van der Waals surface area (Å²) in [5, 5.41) is 6.49. The van der Waals surface area contributed by atoms with E-state index < -0.39 is 0 Å². The molecule has 3 aromatic rings. The van der Waals surface area contributed by atoms with Crippen molar-refractivity contribution in [3.63, 3.8) is 0 Å². The van der Waals surface area contributed by atoms with E-state index in [1.165, 1.54) is 0 Å². The van der Waals surface area contributed by atoms with Crippen LogP contribution in [-0.2, 0) is 6.54 Å². The summed E-state index contributed by atoms with van der Waals surface area (Å²) in [6.45, 7) is 6.80. The smallest absolute Gasteiger partial charge is 0.258 e. The van der Waals surface area contributed by atoms with Crippen LogP contribution in [0.2, 0.25) is 0 Å². The van der Waals surface area contributed by atoms with Gasteiger partial charge in [0.05, 0.1) is 12.7 Å². The van der Waals surface area contributed by atoms with Crippen LogP contribution in [0.5, 0.6) is 5.75 Å². The summed E-state index contributed by atoms with van der Waals surface area (Å²) in [6.07, 6.45) is 0.970. The van der Waals surface area contributed by atoms with Crippen molar-refractivity contribution in [2.24, 2.45) is 0 Å². The molecular weight excluding hydrogens is 366 g/mol. The van der Waals surface area contributed by atoms with Crippen molar-refractivity contribution < 1.29 is 14.3 Å². The van der Waals surface area contributed by atoms with Crippen molar-refractivity contribution in [3.05, 3.63) is 58.8 Å². The van der Waals surface area contributed by atoms with Gasteiger partial charge in [0.2, 0.25) is 0 Å². The highest BCUT2D eigenvalue weighted by atomic mass is 16.5. The number of aryl methyl sites for hydroxylation is 2. The monoisotopic (exact) mass is 393 g/mol. The number of aromatic nitrogens is 1. The molecule has 0 bridgehead atoms. The Balaban J connectivity index is 2.03. The van der Waals surface area contributed by atoms with Crippen molar-refractivity contribution in [1.82, 2.24) is 9.88 Å². The average molecular weight is 393 g/mol. The maximum Gasteiger partial charge on any atom is 0.258 e. The molecule has 0 aliphatic carbocycles. The van der Waals surface area contributed by atoms with Crippen LogP contribution in [0.3, 0.4) is 0 Å². The topological polar surface area (TPSA) is 72.4 Å². The predicted octanol–water partition coefficient (Wildman–Crippen LogP) is 4.29. The minimum Gasteiger partial charge on any atom is -0.497 e. The van der Waals surface area contributed by atoms with Crippen LogP contribution in [0.15, 0.2) is 36.4 Å². The molecule has 2 N–H and O–H groups in total. The average Bonchev–Trinajstić information content (AvgIpc) is 2.99. The molecule has 2 aromatic carbocycles. The van der Waals surface area contributed by atoms with Crippen LogP contribution in [-0.4, -0.2) is 30.5 Å². The second-order valence-electron chi connectivity index (χ2n) is 7.06. The first-order valence-electron chi connectivity index (χ1n) is 9.72. The summed E-state index contributed by atoms with van der Waals surface area (Å²) in [6, 6.07) is 11.1. The van der Waals surface area contributed by atoms with Crippen LogP contribution < -0.4 is 15.4 Å². The zero-order chi connectivity index (χ0) is 21.1. The summed E-state index contributed by atoms with van der Waals surface area (Å²) in [5.74, 6) is 0.384. The molecule has 2 amide bonds. The molecule has 0 aliphatic heterocycles. The largest absolute Gasteiger partial charge is 0.497 e. The van der Waals surface area contributed by atoms with Crippen LogP contribution in [0.1, 0.15) is 45.3 Å². The number of amides is 2. The summed E-state index contributed by atoms with van der Waals surface area (Å²) in [4.78, 5) is 25.1. The fourth-order valence-electron chi connectivity index (χ4n) is 3.66. The van der Waals surface area contributed by atoms with Crippen molar-refractivity contribution in [2.45, 2.75) is 33.7 Å². The van der Waals surface area contributed by atoms with Gasteiger partial charge in [0, 0.05) is 41.4 Å². The van der Waals surface area contributed by atoms with Gasteiger partial charge in [-0.25, -0.2) is 0 Å². The van der Waals surface area contributed by atoms with E-state index in [1.807, 2.05) is 32.0 Å². The molecule has 0 spiro atoms. The maximum absolute atomic E-state index is 13.2. The molecule has 0 unspecified atom stereocenters. The van der Waals surface area contributed by atoms with Crippen LogP contribution in [0.4, 0.5) is 5.69 Å². The number of hydrogen-bond donors (Lipinski definition) is 2. The van der Waals surface area contributed by atoms with Gasteiger partial charge < -0.3 is 19.9 Å². The van der Waals surface area contributed by atoms with Crippen molar-refractivity contribution >= 4 is 28.4 Å². The normalized spacial score (nSPS) is 10.8. The third kappa shape index (κ3) is 3.83. The quantitative estimate of drug-likeness (QED) is 0.656. The maximum atomic E-state index is 13.2. The highest BCUT2D eigenvalue weighted by molar-refractivity contribution is 6.14. The van der Waals surface area contributed by atoms with Gasteiger partial charge in [-0.15, -0.1) is 0 Å². The minimum absolute atomic E-state index is 0.156. The lowest BCUT2D eigenvalue weighted by atomic mass is 10.1. The Morgan fingerprint density at radius 2 is 1.83 bits per heavy atom. The summed E-state index contributed by atoms with van der Waals surface area (Å²) in [5.41, 5.74) is 4.65. The van der Waals surface area contributed by atoms with Gasteiger partial charge in [-0.1, -0.05) is 6.92 Å². The number of ether oxygens (including phenoxy) is 1. The van der Waals surface area contributed by atoms with Gasteiger partial charge in [0.25, 0.3) is 11.8 Å². The van der Waals surface area contributed by atoms with Crippen LogP contribution in [0, 0.1) is 13.8 Å². The first-order valence-corrected chi connectivity index (χ1v) is 9.72. The fourth-order valence-corrected chi connectivity index (χ4v) is 3.66. The number of methoxy groups -OCH3 is 1. The number of rotatable bonds is 6. The molecular formula is C23H27N3O3. The summed E-state index contributed by atoms with van der Waals surface area (Å²) < 4.78 is 7.54. The summed E-state index contributed by atoms with van der Waals surface area (Å²) >= 11 is 0. The van der Waals surface area contributed by atoms with E-state index in [1.54, 1.807) is 32.4 Å². The second kappa shape index (κ2) is 8.39. The molecule has 0 saturated carbocycles.